The van der Waals surface area contributed by atoms with Gasteiger partial charge in [-0.15, -0.1) is 0 Å². The molecule has 2 aliphatic rings. The summed E-state index contributed by atoms with van der Waals surface area (Å²) in [5, 5.41) is 5.14. The summed E-state index contributed by atoms with van der Waals surface area (Å²) in [6, 6.07) is 4.62. The molecule has 2 aromatic rings. The summed E-state index contributed by atoms with van der Waals surface area (Å²) >= 11 is 0. The molecule has 8 heteroatoms. The quantitative estimate of drug-likeness (QED) is 0.601. The zero-order valence-corrected chi connectivity index (χ0v) is 16.6. The molecule has 4 N–H and O–H groups in total. The predicted octanol–water partition coefficient (Wildman–Crippen LogP) is 1.59. The fourth-order valence-electron chi connectivity index (χ4n) is 3.15. The van der Waals surface area contributed by atoms with E-state index in [1.165, 1.54) is 37.4 Å². The van der Waals surface area contributed by atoms with Gasteiger partial charge in [0.2, 0.25) is 5.88 Å². The fourth-order valence-corrected chi connectivity index (χ4v) is 3.15. The average molecular weight is 407 g/mol. The third-order valence-corrected chi connectivity index (χ3v) is 5.02. The molecule has 4 unspecified atom stereocenters. The van der Waals surface area contributed by atoms with Crippen LogP contribution in [0.2, 0.25) is 4.24 Å². The Labute approximate surface area is 179 Å². The molecule has 29 heavy (non-hydrogen) atoms. The molecule has 2 aliphatic heterocycles. The van der Waals surface area contributed by atoms with E-state index in [0.29, 0.717) is 16.6 Å². The summed E-state index contributed by atoms with van der Waals surface area (Å²) in [5.41, 5.74) is 0.631. The molecule has 0 spiro atoms. The number of nitrogens with one attached hydrogen (secondary N) is 4. The van der Waals surface area contributed by atoms with Crippen molar-refractivity contribution in [2.75, 3.05) is 13.6 Å². The third-order valence-electron chi connectivity index (χ3n) is 5.02. The van der Waals surface area contributed by atoms with E-state index < -0.39 is 24.5 Å². The van der Waals surface area contributed by atoms with Crippen molar-refractivity contribution in [3.63, 3.8) is 0 Å². The molecular weight excluding hydrogens is 371 g/mol. The van der Waals surface area contributed by atoms with Crippen LogP contribution in [-0.2, 0) is 6.54 Å². The van der Waals surface area contributed by atoms with Gasteiger partial charge < -0.3 is 10.0 Å². The summed E-state index contributed by atoms with van der Waals surface area (Å²) in [4.78, 5) is 5.92. The highest BCUT2D eigenvalue weighted by molar-refractivity contribution is 5.28. The largest absolute Gasteiger partial charge is 0.439 e. The van der Waals surface area contributed by atoms with Gasteiger partial charge in [-0.2, -0.15) is 0 Å². The van der Waals surface area contributed by atoms with Crippen molar-refractivity contribution in [2.45, 2.75) is 50.9 Å². The van der Waals surface area contributed by atoms with Crippen LogP contribution in [-0.4, -0.2) is 54.0 Å². The summed E-state index contributed by atoms with van der Waals surface area (Å²) < 4.78 is 71.2. The highest BCUT2D eigenvalue weighted by atomic mass is 19.1. The van der Waals surface area contributed by atoms with Crippen molar-refractivity contribution in [3.8, 4) is 11.6 Å². The van der Waals surface area contributed by atoms with Gasteiger partial charge in [-0.05, 0) is 50.7 Å². The number of pyridine rings is 1. The second-order valence-electron chi connectivity index (χ2n) is 7.18. The molecule has 0 amide bonds. The Morgan fingerprint density at radius 1 is 1.28 bits per heavy atom. The molecular formula is C21H29FN6O. The third kappa shape index (κ3) is 4.73. The maximum Gasteiger partial charge on any atom is 0.219 e. The molecule has 156 valence electrons. The molecule has 2 saturated heterocycles. The van der Waals surface area contributed by atoms with Crippen LogP contribution in [0.25, 0.3) is 0 Å². The molecule has 7 nitrogen and oxygen atoms in total. The lowest BCUT2D eigenvalue weighted by molar-refractivity contribution is 0.0148. The van der Waals surface area contributed by atoms with E-state index >= 15 is 0 Å². The van der Waals surface area contributed by atoms with Crippen LogP contribution < -0.4 is 26.0 Å². The van der Waals surface area contributed by atoms with Gasteiger partial charge in [0.1, 0.15) is 22.1 Å². The normalized spacial score (nSPS) is 42.6. The molecule has 1 aromatic carbocycles. The molecule has 0 saturated carbocycles. The van der Waals surface area contributed by atoms with Gasteiger partial charge in [-0.1, -0.05) is 6.07 Å². The number of hydrogen-bond donors (Lipinski definition) is 4. The monoisotopic (exact) mass is 406 g/mol. The van der Waals surface area contributed by atoms with Gasteiger partial charge in [-0.3, -0.25) is 20.8 Å². The van der Waals surface area contributed by atoms with Crippen LogP contribution in [0, 0.1) is 5.82 Å². The van der Waals surface area contributed by atoms with Gasteiger partial charge in [-0.25, -0.2) is 9.37 Å². The van der Waals surface area contributed by atoms with Crippen molar-refractivity contribution in [1.82, 2.24) is 31.1 Å². The molecule has 0 bridgehead atoms. The first-order valence-electron chi connectivity index (χ1n) is 12.4. The zero-order valence-electron chi connectivity index (χ0n) is 22.6. The molecule has 0 aliphatic carbocycles. The van der Waals surface area contributed by atoms with Crippen LogP contribution in [0.1, 0.15) is 23.5 Å². The number of rotatable bonds is 5. The number of fused-ring (bicyclic) bond motifs is 1. The van der Waals surface area contributed by atoms with Crippen LogP contribution in [0.5, 0.6) is 11.6 Å². The number of likely N-dealkylation sites (N-methyl/N-ethyl adjacent to an activating group) is 1. The maximum absolute atomic E-state index is 13.1. The summed E-state index contributed by atoms with van der Waals surface area (Å²) in [6.45, 7) is 3.38. The topological polar surface area (TPSA) is 73.5 Å². The number of aromatic nitrogens is 1. The second-order valence-corrected chi connectivity index (χ2v) is 7.18. The number of piperazine rings is 1. The molecule has 2 fully saturated rings. The smallest absolute Gasteiger partial charge is 0.219 e. The first-order chi connectivity index (χ1) is 16.3. The van der Waals surface area contributed by atoms with Crippen LogP contribution >= 0.6 is 0 Å². The van der Waals surface area contributed by atoms with Gasteiger partial charge in [0.25, 0.3) is 0 Å². The van der Waals surface area contributed by atoms with E-state index in [9.17, 15) is 4.39 Å². The van der Waals surface area contributed by atoms with Gasteiger partial charge in [0.15, 0.2) is 0 Å². The van der Waals surface area contributed by atoms with E-state index in [1.807, 2.05) is 6.92 Å². The average Bonchev–Trinajstić information content (AvgIpc) is 2.82. The van der Waals surface area contributed by atoms with E-state index in [4.69, 9.17) is 13.1 Å². The van der Waals surface area contributed by atoms with E-state index in [-0.39, 0.29) is 30.8 Å². The number of ether oxygens (including phenoxy) is 1. The molecule has 5 atom stereocenters. The minimum atomic E-state index is -2.19. The summed E-state index contributed by atoms with van der Waals surface area (Å²) in [6.07, 6.45) is -1.81. The fraction of sp³-hybridized carbons (Fsp3) is 0.476. The highest BCUT2D eigenvalue weighted by Gasteiger charge is 2.40. The SMILES string of the molecule is [2H]N1CC(C)N(C)C2N([2H])[C@@]([2H])(NCc3ccc(Oc4ccc(F)cc4)nc3)N([2H])C([2H])(C)C21[2H]. The zero-order chi connectivity index (χ0) is 25.8. The lowest BCUT2D eigenvalue weighted by atomic mass is 9.98. The first-order valence-corrected chi connectivity index (χ1v) is 9.51. The number of nitrogens with zero attached hydrogens (tertiary/aromatic N) is 2. The Balaban J connectivity index is 1.53. The van der Waals surface area contributed by atoms with Crippen molar-refractivity contribution in [1.29, 1.82) is 0 Å². The van der Waals surface area contributed by atoms with E-state index in [2.05, 4.69) is 10.3 Å². The Morgan fingerprint density at radius 2 is 2.07 bits per heavy atom. The van der Waals surface area contributed by atoms with Crippen molar-refractivity contribution in [3.05, 3.63) is 54.0 Å². The lowest BCUT2D eigenvalue weighted by Gasteiger charge is -2.51. The summed E-state index contributed by atoms with van der Waals surface area (Å²) in [7, 11) is 1.70. The van der Waals surface area contributed by atoms with Crippen LogP contribution in [0.15, 0.2) is 42.6 Å². The second kappa shape index (κ2) is 8.73. The lowest BCUT2D eigenvalue weighted by Crippen LogP contribution is -2.79. The Morgan fingerprint density at radius 3 is 2.79 bits per heavy atom. The summed E-state index contributed by atoms with van der Waals surface area (Å²) in [5.74, 6) is 0.338. The minimum Gasteiger partial charge on any atom is -0.439 e. The molecule has 1 aromatic heterocycles. The molecule has 3 heterocycles. The predicted molar refractivity (Wildman–Crippen MR) is 110 cm³/mol. The number of benzene rings is 1. The van der Waals surface area contributed by atoms with Crippen molar-refractivity contribution >= 4 is 0 Å². The van der Waals surface area contributed by atoms with Gasteiger partial charge >= 0.3 is 0 Å². The van der Waals surface area contributed by atoms with Gasteiger partial charge in [0, 0.05) is 38.8 Å². The Hall–Kier alpha value is -2.10. The van der Waals surface area contributed by atoms with E-state index in [1.54, 1.807) is 24.1 Å². The van der Waals surface area contributed by atoms with Crippen molar-refractivity contribution < 1.29 is 17.5 Å². The minimum absolute atomic E-state index is 0.0374. The highest BCUT2D eigenvalue weighted by Crippen LogP contribution is 2.20. The van der Waals surface area contributed by atoms with Crippen LogP contribution in [0.4, 0.5) is 4.39 Å². The number of halogens is 1. The molecule has 0 radical (unpaired) electrons. The standard InChI is InChI=1S/C21H29FN6O/c1-13-10-24-19-14(2)26-21(27-20(19)28(13)3)25-12-15-4-9-18(23-11-15)29-17-7-5-16(22)6-8-17/h4-9,11,13-14,19-21,24-27H,10,12H2,1-3H3/t13?,14?,19?,20?,21-/m0/s1/i14D,19D,21D/hD3. The van der Waals surface area contributed by atoms with Gasteiger partial charge in [0.05, 0.1) is 14.9 Å². The van der Waals surface area contributed by atoms with Crippen molar-refractivity contribution in [2.24, 2.45) is 0 Å². The Kier molecular flexibility index (Phi) is 4.21. The van der Waals surface area contributed by atoms with Crippen LogP contribution in [0.3, 0.4) is 0 Å². The van der Waals surface area contributed by atoms with E-state index in [0.717, 1.165) is 10.6 Å². The maximum atomic E-state index is 13.1. The first kappa shape index (κ1) is 14.0. The number of hydrogen-bond acceptors (Lipinski definition) is 7. The Bertz CT molecular complexity index is 1050. The molecule has 4 rings (SSSR count).